The molecule has 3 aliphatic heterocycles. The Hall–Kier alpha value is -5.48. The molecule has 3 fully saturated rings. The lowest BCUT2D eigenvalue weighted by molar-refractivity contribution is -0.132. The van der Waals surface area contributed by atoms with Crippen LogP contribution in [0.2, 0.25) is 0 Å². The first-order valence-corrected chi connectivity index (χ1v) is 21.1. The van der Waals surface area contributed by atoms with Crippen molar-refractivity contribution in [1.29, 1.82) is 0 Å². The zero-order valence-corrected chi connectivity index (χ0v) is 35.4. The van der Waals surface area contributed by atoms with Crippen LogP contribution >= 0.6 is 0 Å². The Morgan fingerprint density at radius 2 is 1.59 bits per heavy atom. The van der Waals surface area contributed by atoms with E-state index in [1.807, 2.05) is 18.3 Å². The summed E-state index contributed by atoms with van der Waals surface area (Å²) in [6, 6.07) is 7.32. The Labute approximate surface area is 362 Å². The van der Waals surface area contributed by atoms with E-state index in [1.54, 1.807) is 31.3 Å². The maximum absolute atomic E-state index is 13.8. The molecule has 1 aromatic heterocycles. The third kappa shape index (κ3) is 10.3. The van der Waals surface area contributed by atoms with Gasteiger partial charge in [-0.3, -0.25) is 4.79 Å². The van der Waals surface area contributed by atoms with Crippen LogP contribution in [0, 0.1) is 5.92 Å². The molecule has 2 spiro atoms. The number of aliphatic carboxylic acids is 1. The van der Waals surface area contributed by atoms with Gasteiger partial charge in [0.25, 0.3) is 12.9 Å². The minimum absolute atomic E-state index is 0.0907. The van der Waals surface area contributed by atoms with Crippen molar-refractivity contribution in [2.24, 2.45) is 5.92 Å². The minimum atomic E-state index is -2.76. The fourth-order valence-corrected chi connectivity index (χ4v) is 8.60. The second-order valence-electron chi connectivity index (χ2n) is 17.3. The van der Waals surface area contributed by atoms with Gasteiger partial charge in [-0.15, -0.1) is 0 Å². The highest BCUT2D eigenvalue weighted by Gasteiger charge is 2.44. The molecule has 5 aliphatic rings. The van der Waals surface area contributed by atoms with Crippen LogP contribution in [0.25, 0.3) is 17.3 Å². The average molecular weight is 883 g/mol. The quantitative estimate of drug-likeness (QED) is 0.129. The number of aromatic nitrogens is 1. The van der Waals surface area contributed by atoms with Gasteiger partial charge >= 0.3 is 11.9 Å². The maximum Gasteiger partial charge on any atom is 0.341 e. The van der Waals surface area contributed by atoms with Crippen molar-refractivity contribution in [3.8, 4) is 22.8 Å². The third-order valence-corrected chi connectivity index (χ3v) is 13.0. The molecule has 4 heterocycles. The Morgan fingerprint density at radius 1 is 0.937 bits per heavy atom. The SMILES string of the molecule is C=O.CCC(C)(O)CCOc1cc2c(cc1C(F)F)/C=C(/C(=O)O)C/C=C\NC1(CCC1)C2.O=C(O)c1cn2c(cc1=O)-c1cc(C(F)F)c(OCC3COC3)cc1CC21CCC1. The number of benzene rings is 2. The van der Waals surface area contributed by atoms with Crippen molar-refractivity contribution < 1.29 is 61.5 Å². The molecule has 2 saturated carbocycles. The van der Waals surface area contributed by atoms with Crippen molar-refractivity contribution in [2.45, 2.75) is 114 Å². The number of hydrogen-bond acceptors (Lipinski definition) is 9. The molecule has 0 amide bonds. The maximum atomic E-state index is 13.8. The van der Waals surface area contributed by atoms with Gasteiger partial charge in [-0.25, -0.2) is 27.2 Å². The average Bonchev–Trinajstić information content (AvgIpc) is 3.20. The Kier molecular flexibility index (Phi) is 14.6. The van der Waals surface area contributed by atoms with Crippen LogP contribution < -0.4 is 20.2 Å². The highest BCUT2D eigenvalue weighted by atomic mass is 19.3. The lowest BCUT2D eigenvalue weighted by atomic mass is 9.69. The van der Waals surface area contributed by atoms with Crippen molar-refractivity contribution >= 4 is 24.8 Å². The van der Waals surface area contributed by atoms with Crippen LogP contribution in [-0.2, 0) is 32.7 Å². The van der Waals surface area contributed by atoms with Gasteiger partial charge in [0.2, 0.25) is 0 Å². The number of nitrogens with one attached hydrogen (secondary N) is 1. The number of hydrogen-bond donors (Lipinski definition) is 4. The molecule has 1 saturated heterocycles. The first-order valence-electron chi connectivity index (χ1n) is 21.1. The molecule has 0 bridgehead atoms. The van der Waals surface area contributed by atoms with Gasteiger partial charge in [0.05, 0.1) is 48.8 Å². The van der Waals surface area contributed by atoms with E-state index in [2.05, 4.69) is 5.32 Å². The molecule has 4 N–H and O–H groups in total. The summed E-state index contributed by atoms with van der Waals surface area (Å²) in [4.78, 5) is 43.5. The smallest absolute Gasteiger partial charge is 0.341 e. The van der Waals surface area contributed by atoms with Crippen molar-refractivity contribution in [1.82, 2.24) is 9.88 Å². The highest BCUT2D eigenvalue weighted by Crippen LogP contribution is 2.50. The summed E-state index contributed by atoms with van der Waals surface area (Å²) in [5.74, 6) is -1.89. The zero-order chi connectivity index (χ0) is 45.7. The van der Waals surface area contributed by atoms with E-state index >= 15 is 0 Å². The first kappa shape index (κ1) is 47.0. The molecule has 8 rings (SSSR count). The van der Waals surface area contributed by atoms with Gasteiger partial charge in [0.15, 0.2) is 5.43 Å². The fourth-order valence-electron chi connectivity index (χ4n) is 8.60. The van der Waals surface area contributed by atoms with E-state index in [1.165, 1.54) is 30.5 Å². The monoisotopic (exact) mass is 882 g/mol. The van der Waals surface area contributed by atoms with Crippen LogP contribution in [0.3, 0.4) is 0 Å². The Balaban J connectivity index is 0.000000202. The van der Waals surface area contributed by atoms with Crippen molar-refractivity contribution in [3.05, 3.63) is 98.0 Å². The first-order chi connectivity index (χ1) is 30.0. The molecule has 3 aromatic rings. The van der Waals surface area contributed by atoms with E-state index in [9.17, 15) is 47.3 Å². The van der Waals surface area contributed by atoms with E-state index in [-0.39, 0.29) is 63.8 Å². The van der Waals surface area contributed by atoms with Gasteiger partial charge in [-0.1, -0.05) is 13.0 Å². The number of carboxylic acids is 2. The van der Waals surface area contributed by atoms with Crippen molar-refractivity contribution in [3.63, 3.8) is 0 Å². The lowest BCUT2D eigenvalue weighted by Crippen LogP contribution is -2.50. The molecule has 63 heavy (non-hydrogen) atoms. The molecular weight excluding hydrogens is 829 g/mol. The summed E-state index contributed by atoms with van der Waals surface area (Å²) < 4.78 is 73.7. The number of nitrogens with zero attached hydrogens (tertiary/aromatic N) is 1. The Bertz CT molecular complexity index is 2290. The number of ether oxygens (including phenoxy) is 3. The van der Waals surface area contributed by atoms with Gasteiger partial charge < -0.3 is 44.2 Å². The molecule has 1 atom stereocenters. The molecule has 340 valence electrons. The highest BCUT2D eigenvalue weighted by molar-refractivity contribution is 5.93. The number of pyridine rings is 1. The summed E-state index contributed by atoms with van der Waals surface area (Å²) in [5.41, 5.74) is 0.467. The molecule has 2 aliphatic carbocycles. The minimum Gasteiger partial charge on any atom is -0.493 e. The van der Waals surface area contributed by atoms with Gasteiger partial charge in [-0.2, -0.15) is 0 Å². The normalized spacial score (nSPS) is 20.1. The van der Waals surface area contributed by atoms with Crippen molar-refractivity contribution in [2.75, 3.05) is 26.4 Å². The number of alkyl halides is 4. The molecule has 12 nitrogen and oxygen atoms in total. The number of allylic oxidation sites excluding steroid dienone is 1. The topological polar surface area (TPSA) is 174 Å². The Morgan fingerprint density at radius 3 is 2.14 bits per heavy atom. The van der Waals surface area contributed by atoms with Crippen LogP contribution in [0.4, 0.5) is 17.6 Å². The summed E-state index contributed by atoms with van der Waals surface area (Å²) >= 11 is 0. The van der Waals surface area contributed by atoms with Crippen LogP contribution in [0.1, 0.15) is 123 Å². The number of carbonyl (C=O) groups is 3. The summed E-state index contributed by atoms with van der Waals surface area (Å²) in [6.07, 6.45) is 8.84. The number of carbonyl (C=O) groups excluding carboxylic acids is 1. The lowest BCUT2D eigenvalue weighted by Gasteiger charge is -2.49. The summed E-state index contributed by atoms with van der Waals surface area (Å²) in [5, 5.41) is 32.5. The predicted molar refractivity (Wildman–Crippen MR) is 226 cm³/mol. The summed E-state index contributed by atoms with van der Waals surface area (Å²) in [6.45, 7) is 7.12. The number of rotatable bonds is 12. The van der Waals surface area contributed by atoms with Crippen LogP contribution in [0.15, 0.2) is 59.2 Å². The van der Waals surface area contributed by atoms with Gasteiger partial charge in [-0.05, 0) is 124 Å². The van der Waals surface area contributed by atoms with Gasteiger partial charge in [0, 0.05) is 46.8 Å². The standard InChI is InChI=1S/C24H31F2NO4.C22H21F2NO5.CH2O/c1-3-23(2,30)9-11-31-20-14-18-15-24(7-5-8-24)27-10-4-6-16(22(28)29)12-17(18)13-19(20)21(25)26;23-20(24)15-5-14-13(4-19(15)30-11-12-9-29-10-12)7-22(2-1-3-22)25-8-16(21(27)28)18(26)6-17(14)25;1-2/h4,10,12-14,21,27,30H,3,5-9,11,15H2,1-2H3,(H,28,29);4-6,8,12,20H,1-3,7,9-11H2,(H,27,28);1H2/b10-4-,16-12+;;. The predicted octanol–water partition coefficient (Wildman–Crippen LogP) is 8.42. The fraction of sp³-hybridized carbons (Fsp3) is 0.489. The largest absolute Gasteiger partial charge is 0.493 e. The summed E-state index contributed by atoms with van der Waals surface area (Å²) in [7, 11) is 0. The third-order valence-electron chi connectivity index (χ3n) is 13.0. The molecule has 2 aromatic carbocycles. The van der Waals surface area contributed by atoms with Crippen LogP contribution in [-0.4, -0.2) is 76.2 Å². The number of halogens is 4. The second-order valence-corrected chi connectivity index (χ2v) is 17.3. The molecule has 0 radical (unpaired) electrons. The van der Waals surface area contributed by atoms with E-state index in [0.29, 0.717) is 62.3 Å². The van der Waals surface area contributed by atoms with E-state index < -0.39 is 35.8 Å². The van der Waals surface area contributed by atoms with E-state index in [0.717, 1.165) is 49.7 Å². The van der Waals surface area contributed by atoms with E-state index in [4.69, 9.17) is 19.0 Å². The number of aliphatic hydroxyl groups is 1. The number of fused-ring (bicyclic) bond motifs is 5. The zero-order valence-electron chi connectivity index (χ0n) is 35.4. The number of aromatic carboxylic acids is 1. The molecular formula is C47H54F4N2O10. The number of carboxylic acid groups (broad SMARTS) is 2. The molecule has 16 heteroatoms. The second kappa shape index (κ2) is 19.5. The van der Waals surface area contributed by atoms with Gasteiger partial charge in [0.1, 0.15) is 23.9 Å². The van der Waals surface area contributed by atoms with Crippen LogP contribution in [0.5, 0.6) is 11.5 Å². The molecule has 1 unspecified atom stereocenters.